The normalized spacial score (nSPS) is 11.5. The predicted octanol–water partition coefficient (Wildman–Crippen LogP) is 2.99. The van der Waals surface area contributed by atoms with E-state index in [2.05, 4.69) is 9.72 Å². The molecule has 7 heteroatoms. The van der Waals surface area contributed by atoms with Crippen LogP contribution in [-0.4, -0.2) is 34.8 Å². The average Bonchev–Trinajstić information content (AvgIpc) is 2.33. The quantitative estimate of drug-likeness (QED) is 0.849. The first-order valence-corrected chi connectivity index (χ1v) is 5.68. The third-order valence-electron chi connectivity index (χ3n) is 2.29. The number of carbonyl (C=O) groups is 1. The van der Waals surface area contributed by atoms with Gasteiger partial charge in [0.25, 0.3) is 0 Å². The van der Waals surface area contributed by atoms with E-state index in [1.54, 1.807) is 38.4 Å². The summed E-state index contributed by atoms with van der Waals surface area (Å²) in [5.41, 5.74) is 0.722. The maximum Gasteiger partial charge on any atom is 0.422 e. The minimum Gasteiger partial charge on any atom is -0.440 e. The van der Waals surface area contributed by atoms with Crippen molar-refractivity contribution >= 4 is 6.09 Å². The summed E-state index contributed by atoms with van der Waals surface area (Å²) in [5.74, 6) is 0. The zero-order valence-electron chi connectivity index (χ0n) is 10.6. The van der Waals surface area contributed by atoms with E-state index < -0.39 is 18.9 Å². The summed E-state index contributed by atoms with van der Waals surface area (Å²) < 4.78 is 40.2. The second-order valence-electron chi connectivity index (χ2n) is 4.25. The first kappa shape index (κ1) is 15.3. The lowest BCUT2D eigenvalue weighted by atomic mass is 10.2. The molecule has 0 atom stereocenters. The predicted molar refractivity (Wildman–Crippen MR) is 62.3 cm³/mol. The molecule has 0 bridgehead atoms. The number of hydrogen-bond acceptors (Lipinski definition) is 3. The van der Waals surface area contributed by atoms with Gasteiger partial charge in [-0.05, 0) is 25.5 Å². The maximum absolute atomic E-state index is 12.0. The molecule has 19 heavy (non-hydrogen) atoms. The Kier molecular flexibility index (Phi) is 5.14. The van der Waals surface area contributed by atoms with Crippen LogP contribution in [-0.2, 0) is 11.3 Å². The summed E-state index contributed by atoms with van der Waals surface area (Å²) in [4.78, 5) is 16.7. The highest BCUT2D eigenvalue weighted by atomic mass is 19.4. The minimum absolute atomic E-state index is 0.155. The molecule has 0 saturated heterocycles. The van der Waals surface area contributed by atoms with Gasteiger partial charge in [-0.3, -0.25) is 4.98 Å². The first-order chi connectivity index (χ1) is 8.79. The standard InChI is InChI=1S/C12H15F3N2O2/c1-9(2)17(7-10-4-3-5-16-6-10)11(18)19-8-12(13,14)15/h3-6,9H,7-8H2,1-2H3. The highest BCUT2D eigenvalue weighted by Gasteiger charge is 2.31. The van der Waals surface area contributed by atoms with Gasteiger partial charge in [0, 0.05) is 18.4 Å². The third kappa shape index (κ3) is 5.58. The Labute approximate surface area is 109 Å². The summed E-state index contributed by atoms with van der Waals surface area (Å²) in [6.45, 7) is 1.97. The monoisotopic (exact) mass is 276 g/mol. The molecule has 0 fully saturated rings. The number of nitrogens with zero attached hydrogens (tertiary/aromatic N) is 2. The number of aromatic nitrogens is 1. The van der Waals surface area contributed by atoms with Crippen molar-refractivity contribution in [3.05, 3.63) is 30.1 Å². The van der Waals surface area contributed by atoms with Gasteiger partial charge in [-0.2, -0.15) is 13.2 Å². The summed E-state index contributed by atoms with van der Waals surface area (Å²) in [7, 11) is 0. The Morgan fingerprint density at radius 3 is 2.63 bits per heavy atom. The van der Waals surface area contributed by atoms with Gasteiger partial charge in [0.2, 0.25) is 0 Å². The summed E-state index contributed by atoms with van der Waals surface area (Å²) in [6.07, 6.45) is -2.39. The van der Waals surface area contributed by atoms with E-state index in [9.17, 15) is 18.0 Å². The molecule has 1 aromatic heterocycles. The number of pyridine rings is 1. The molecular formula is C12H15F3N2O2. The van der Waals surface area contributed by atoms with Crippen molar-refractivity contribution in [2.75, 3.05) is 6.61 Å². The molecule has 0 spiro atoms. The van der Waals surface area contributed by atoms with Crippen LogP contribution in [0.5, 0.6) is 0 Å². The zero-order valence-corrected chi connectivity index (χ0v) is 10.6. The molecule has 0 unspecified atom stereocenters. The van der Waals surface area contributed by atoms with E-state index in [4.69, 9.17) is 0 Å². The Morgan fingerprint density at radius 1 is 1.47 bits per heavy atom. The summed E-state index contributed by atoms with van der Waals surface area (Å²) >= 11 is 0. The Bertz CT molecular complexity index is 407. The number of amides is 1. The van der Waals surface area contributed by atoms with Crippen molar-refractivity contribution in [1.82, 2.24) is 9.88 Å². The van der Waals surface area contributed by atoms with Crippen LogP contribution in [0, 0.1) is 0 Å². The highest BCUT2D eigenvalue weighted by molar-refractivity contribution is 5.68. The van der Waals surface area contributed by atoms with Gasteiger partial charge in [-0.15, -0.1) is 0 Å². The van der Waals surface area contributed by atoms with Crippen LogP contribution in [0.25, 0.3) is 0 Å². The lowest BCUT2D eigenvalue weighted by Gasteiger charge is -2.26. The minimum atomic E-state index is -4.52. The zero-order chi connectivity index (χ0) is 14.5. The fraction of sp³-hybridized carbons (Fsp3) is 0.500. The molecule has 0 aromatic carbocycles. The van der Waals surface area contributed by atoms with E-state index >= 15 is 0 Å². The van der Waals surface area contributed by atoms with Crippen molar-refractivity contribution in [3.8, 4) is 0 Å². The van der Waals surface area contributed by atoms with Crippen LogP contribution < -0.4 is 0 Å². The van der Waals surface area contributed by atoms with Crippen LogP contribution in [0.15, 0.2) is 24.5 Å². The summed E-state index contributed by atoms with van der Waals surface area (Å²) in [6, 6.07) is 3.15. The number of rotatable bonds is 4. The van der Waals surface area contributed by atoms with E-state index in [0.717, 1.165) is 5.56 Å². The fourth-order valence-corrected chi connectivity index (χ4v) is 1.37. The number of ether oxygens (including phenoxy) is 1. The topological polar surface area (TPSA) is 42.4 Å². The maximum atomic E-state index is 12.0. The van der Waals surface area contributed by atoms with Crippen molar-refractivity contribution in [2.24, 2.45) is 0 Å². The van der Waals surface area contributed by atoms with Gasteiger partial charge in [0.15, 0.2) is 6.61 Å². The lowest BCUT2D eigenvalue weighted by Crippen LogP contribution is -2.38. The number of alkyl halides is 3. The Morgan fingerprint density at radius 2 is 2.16 bits per heavy atom. The van der Waals surface area contributed by atoms with E-state index in [0.29, 0.717) is 0 Å². The molecule has 4 nitrogen and oxygen atoms in total. The molecule has 1 aromatic rings. The van der Waals surface area contributed by atoms with Crippen LogP contribution in [0.1, 0.15) is 19.4 Å². The van der Waals surface area contributed by atoms with Crippen LogP contribution >= 0.6 is 0 Å². The molecule has 0 aliphatic carbocycles. The van der Waals surface area contributed by atoms with E-state index in [1.165, 1.54) is 4.90 Å². The number of carbonyl (C=O) groups excluding carboxylic acids is 1. The van der Waals surface area contributed by atoms with Crippen LogP contribution in [0.4, 0.5) is 18.0 Å². The molecular weight excluding hydrogens is 261 g/mol. The second kappa shape index (κ2) is 6.40. The largest absolute Gasteiger partial charge is 0.440 e. The van der Waals surface area contributed by atoms with Crippen LogP contribution in [0.2, 0.25) is 0 Å². The molecule has 0 radical (unpaired) electrons. The Hall–Kier alpha value is -1.79. The molecule has 1 amide bonds. The van der Waals surface area contributed by atoms with Gasteiger partial charge in [0.1, 0.15) is 0 Å². The highest BCUT2D eigenvalue weighted by Crippen LogP contribution is 2.16. The molecule has 0 saturated carbocycles. The molecule has 0 N–H and O–H groups in total. The van der Waals surface area contributed by atoms with Gasteiger partial charge >= 0.3 is 12.3 Å². The average molecular weight is 276 g/mol. The number of hydrogen-bond donors (Lipinski definition) is 0. The lowest BCUT2D eigenvalue weighted by molar-refractivity contribution is -0.162. The van der Waals surface area contributed by atoms with E-state index in [1.807, 2.05) is 0 Å². The Balaban J connectivity index is 2.65. The molecule has 106 valence electrons. The molecule has 1 heterocycles. The molecule has 1 rings (SSSR count). The van der Waals surface area contributed by atoms with Gasteiger partial charge in [-0.25, -0.2) is 4.79 Å². The molecule has 0 aliphatic heterocycles. The van der Waals surface area contributed by atoms with E-state index in [-0.39, 0.29) is 12.6 Å². The van der Waals surface area contributed by atoms with Crippen molar-refractivity contribution < 1.29 is 22.7 Å². The third-order valence-corrected chi connectivity index (χ3v) is 2.29. The van der Waals surface area contributed by atoms with Gasteiger partial charge < -0.3 is 9.64 Å². The van der Waals surface area contributed by atoms with Crippen molar-refractivity contribution in [2.45, 2.75) is 32.6 Å². The molecule has 0 aliphatic rings. The number of halogens is 3. The van der Waals surface area contributed by atoms with Crippen molar-refractivity contribution in [1.29, 1.82) is 0 Å². The first-order valence-electron chi connectivity index (χ1n) is 5.68. The van der Waals surface area contributed by atoms with Crippen molar-refractivity contribution in [3.63, 3.8) is 0 Å². The van der Waals surface area contributed by atoms with Gasteiger partial charge in [-0.1, -0.05) is 6.07 Å². The second-order valence-corrected chi connectivity index (χ2v) is 4.25. The smallest absolute Gasteiger partial charge is 0.422 e. The van der Waals surface area contributed by atoms with Gasteiger partial charge in [0.05, 0.1) is 6.54 Å². The SMILES string of the molecule is CC(C)N(Cc1cccnc1)C(=O)OCC(F)(F)F. The van der Waals surface area contributed by atoms with Crippen LogP contribution in [0.3, 0.4) is 0 Å². The summed E-state index contributed by atoms with van der Waals surface area (Å²) in [5, 5.41) is 0. The fourth-order valence-electron chi connectivity index (χ4n) is 1.37.